The molecule has 1 aromatic carbocycles. The lowest BCUT2D eigenvalue weighted by Crippen LogP contribution is -2.19. The molecule has 0 saturated heterocycles. The van der Waals surface area contributed by atoms with Crippen molar-refractivity contribution in [1.82, 2.24) is 9.55 Å². The van der Waals surface area contributed by atoms with Crippen LogP contribution >= 0.6 is 11.6 Å². The standard InChI is InChI=1S/C14H18ClFN2OS/c1-8-5-13-12(6-11(8)16)17-14(10(3)15)18(13)7-9(2)20(4)19/h5-6,9-10H,7H2,1-4H3. The van der Waals surface area contributed by atoms with Gasteiger partial charge in [0.05, 0.1) is 16.4 Å². The van der Waals surface area contributed by atoms with Gasteiger partial charge >= 0.3 is 0 Å². The first-order chi connectivity index (χ1) is 9.31. The summed E-state index contributed by atoms with van der Waals surface area (Å²) in [6, 6.07) is 3.20. The van der Waals surface area contributed by atoms with Crippen molar-refractivity contribution in [3.63, 3.8) is 0 Å². The van der Waals surface area contributed by atoms with Gasteiger partial charge in [-0.15, -0.1) is 11.6 Å². The Morgan fingerprint density at radius 2 is 2.10 bits per heavy atom. The molecule has 2 rings (SSSR count). The van der Waals surface area contributed by atoms with E-state index < -0.39 is 10.8 Å². The van der Waals surface area contributed by atoms with E-state index in [0.717, 1.165) is 5.52 Å². The number of fused-ring (bicyclic) bond motifs is 1. The number of nitrogens with zero attached hydrogens (tertiary/aromatic N) is 2. The number of hydrogen-bond acceptors (Lipinski definition) is 2. The van der Waals surface area contributed by atoms with Crippen molar-refractivity contribution >= 4 is 33.4 Å². The molecule has 20 heavy (non-hydrogen) atoms. The highest BCUT2D eigenvalue weighted by Gasteiger charge is 2.19. The minimum absolute atomic E-state index is 0.0214. The molecule has 0 aliphatic rings. The van der Waals surface area contributed by atoms with E-state index in [9.17, 15) is 8.60 Å². The van der Waals surface area contributed by atoms with Crippen LogP contribution in [0.25, 0.3) is 11.0 Å². The minimum atomic E-state index is -0.935. The van der Waals surface area contributed by atoms with E-state index in [0.29, 0.717) is 23.4 Å². The molecule has 0 radical (unpaired) electrons. The van der Waals surface area contributed by atoms with Crippen molar-refractivity contribution in [2.24, 2.45) is 0 Å². The fourth-order valence-electron chi connectivity index (χ4n) is 2.13. The number of imidazole rings is 1. The molecule has 0 amide bonds. The summed E-state index contributed by atoms with van der Waals surface area (Å²) in [4.78, 5) is 4.42. The van der Waals surface area contributed by atoms with E-state index in [1.807, 2.05) is 18.4 Å². The maximum absolute atomic E-state index is 13.7. The average Bonchev–Trinajstić information content (AvgIpc) is 2.68. The van der Waals surface area contributed by atoms with Gasteiger partial charge in [-0.1, -0.05) is 0 Å². The molecule has 3 nitrogen and oxygen atoms in total. The molecule has 2 aromatic rings. The molecule has 3 unspecified atom stereocenters. The van der Waals surface area contributed by atoms with Crippen LogP contribution in [0.1, 0.15) is 30.6 Å². The molecule has 110 valence electrons. The van der Waals surface area contributed by atoms with Gasteiger partial charge in [-0.05, 0) is 32.4 Å². The lowest BCUT2D eigenvalue weighted by Gasteiger charge is -2.14. The van der Waals surface area contributed by atoms with Gasteiger partial charge in [0.25, 0.3) is 0 Å². The van der Waals surface area contributed by atoms with Crippen LogP contribution < -0.4 is 0 Å². The maximum atomic E-state index is 13.7. The van der Waals surface area contributed by atoms with Crippen LogP contribution in [0.3, 0.4) is 0 Å². The molecular formula is C14H18ClFN2OS. The Morgan fingerprint density at radius 3 is 2.65 bits per heavy atom. The predicted molar refractivity (Wildman–Crippen MR) is 82.2 cm³/mol. The van der Waals surface area contributed by atoms with Crippen LogP contribution in [0.2, 0.25) is 0 Å². The summed E-state index contributed by atoms with van der Waals surface area (Å²) in [7, 11) is -0.935. The third kappa shape index (κ3) is 2.88. The molecule has 0 aliphatic heterocycles. The second-order valence-electron chi connectivity index (χ2n) is 5.10. The Bertz CT molecular complexity index is 669. The van der Waals surface area contributed by atoms with E-state index in [1.165, 1.54) is 6.07 Å². The zero-order valence-electron chi connectivity index (χ0n) is 12.0. The summed E-state index contributed by atoms with van der Waals surface area (Å²) in [5.74, 6) is 0.409. The first kappa shape index (κ1) is 15.4. The normalized spacial score (nSPS) is 16.3. The van der Waals surface area contributed by atoms with E-state index in [1.54, 1.807) is 19.2 Å². The van der Waals surface area contributed by atoms with Gasteiger partial charge in [-0.25, -0.2) is 9.37 Å². The Kier molecular flexibility index (Phi) is 4.49. The SMILES string of the molecule is Cc1cc2c(cc1F)nc(C(C)Cl)n2CC(C)S(C)=O. The first-order valence-electron chi connectivity index (χ1n) is 6.43. The fourth-order valence-corrected chi connectivity index (χ4v) is 2.65. The zero-order valence-corrected chi connectivity index (χ0v) is 13.6. The van der Waals surface area contributed by atoms with Gasteiger partial charge < -0.3 is 4.57 Å². The third-order valence-corrected chi connectivity index (χ3v) is 4.90. The summed E-state index contributed by atoms with van der Waals surface area (Å²) in [6.45, 7) is 6.02. The summed E-state index contributed by atoms with van der Waals surface area (Å²) in [5.41, 5.74) is 1.99. The minimum Gasteiger partial charge on any atom is -0.326 e. The highest BCUT2D eigenvalue weighted by atomic mass is 35.5. The molecule has 6 heteroatoms. The van der Waals surface area contributed by atoms with E-state index in [2.05, 4.69) is 4.98 Å². The Labute approximate surface area is 125 Å². The maximum Gasteiger partial charge on any atom is 0.128 e. The molecule has 1 heterocycles. The Morgan fingerprint density at radius 1 is 1.45 bits per heavy atom. The van der Waals surface area contributed by atoms with E-state index in [4.69, 9.17) is 11.6 Å². The summed E-state index contributed by atoms with van der Waals surface area (Å²) in [5, 5.41) is -0.310. The first-order valence-corrected chi connectivity index (χ1v) is 8.49. The average molecular weight is 317 g/mol. The molecule has 1 aromatic heterocycles. The number of benzene rings is 1. The van der Waals surface area contributed by atoms with Crippen molar-refractivity contribution in [1.29, 1.82) is 0 Å². The lowest BCUT2D eigenvalue weighted by molar-refractivity contribution is 0.619. The van der Waals surface area contributed by atoms with Crippen molar-refractivity contribution in [3.05, 3.63) is 29.3 Å². The van der Waals surface area contributed by atoms with Crippen LogP contribution in [-0.4, -0.2) is 25.3 Å². The van der Waals surface area contributed by atoms with Crippen molar-refractivity contribution in [2.45, 2.75) is 37.9 Å². The number of aromatic nitrogens is 2. The van der Waals surface area contributed by atoms with Gasteiger partial charge in [-0.2, -0.15) is 0 Å². The Balaban J connectivity index is 2.62. The van der Waals surface area contributed by atoms with Gasteiger partial charge in [0.1, 0.15) is 11.6 Å². The Hall–Kier alpha value is -0.940. The van der Waals surface area contributed by atoms with E-state index in [-0.39, 0.29) is 16.4 Å². The number of aryl methyl sites for hydroxylation is 1. The summed E-state index contributed by atoms with van der Waals surface area (Å²) in [6.07, 6.45) is 1.68. The number of alkyl halides is 1. The quantitative estimate of drug-likeness (QED) is 0.809. The monoisotopic (exact) mass is 316 g/mol. The molecule has 3 atom stereocenters. The van der Waals surface area contributed by atoms with E-state index >= 15 is 0 Å². The second kappa shape index (κ2) is 5.82. The molecule has 0 bridgehead atoms. The van der Waals surface area contributed by atoms with Crippen LogP contribution in [0.4, 0.5) is 4.39 Å². The fraction of sp³-hybridized carbons (Fsp3) is 0.500. The zero-order chi connectivity index (χ0) is 15.0. The van der Waals surface area contributed by atoms with Crippen LogP contribution in [0.5, 0.6) is 0 Å². The van der Waals surface area contributed by atoms with Crippen LogP contribution in [-0.2, 0) is 17.3 Å². The molecule has 0 N–H and O–H groups in total. The summed E-state index contributed by atoms with van der Waals surface area (Å²) < 4.78 is 27.2. The number of halogens is 2. The van der Waals surface area contributed by atoms with Crippen LogP contribution in [0, 0.1) is 12.7 Å². The highest BCUT2D eigenvalue weighted by molar-refractivity contribution is 7.84. The van der Waals surface area contributed by atoms with Crippen molar-refractivity contribution in [3.8, 4) is 0 Å². The second-order valence-corrected chi connectivity index (χ2v) is 7.55. The number of rotatable bonds is 4. The summed E-state index contributed by atoms with van der Waals surface area (Å²) >= 11 is 6.17. The predicted octanol–water partition coefficient (Wildman–Crippen LogP) is 3.55. The lowest BCUT2D eigenvalue weighted by atomic mass is 10.2. The molecule has 0 spiro atoms. The molecule has 0 fully saturated rings. The third-order valence-electron chi connectivity index (χ3n) is 3.42. The highest BCUT2D eigenvalue weighted by Crippen LogP contribution is 2.27. The van der Waals surface area contributed by atoms with Gasteiger partial charge in [0.2, 0.25) is 0 Å². The van der Waals surface area contributed by atoms with Crippen LogP contribution in [0.15, 0.2) is 12.1 Å². The smallest absolute Gasteiger partial charge is 0.128 e. The molecule has 0 aliphatic carbocycles. The molecule has 0 saturated carbocycles. The number of hydrogen-bond donors (Lipinski definition) is 0. The van der Waals surface area contributed by atoms with Gasteiger partial charge in [0, 0.05) is 34.9 Å². The van der Waals surface area contributed by atoms with Gasteiger partial charge in [-0.3, -0.25) is 4.21 Å². The van der Waals surface area contributed by atoms with Crippen molar-refractivity contribution in [2.75, 3.05) is 6.26 Å². The van der Waals surface area contributed by atoms with Crippen molar-refractivity contribution < 1.29 is 8.60 Å². The topological polar surface area (TPSA) is 34.9 Å². The largest absolute Gasteiger partial charge is 0.326 e. The molecular weight excluding hydrogens is 299 g/mol. The van der Waals surface area contributed by atoms with Gasteiger partial charge in [0.15, 0.2) is 0 Å².